The lowest BCUT2D eigenvalue weighted by Gasteiger charge is -2.40. The van der Waals surface area contributed by atoms with Gasteiger partial charge in [-0.3, -0.25) is 4.79 Å². The Bertz CT molecular complexity index is 484. The molecule has 1 N–H and O–H groups in total. The van der Waals surface area contributed by atoms with E-state index in [0.717, 1.165) is 12.0 Å². The van der Waals surface area contributed by atoms with Crippen molar-refractivity contribution in [2.45, 2.75) is 52.5 Å². The molecule has 1 aliphatic rings. The van der Waals surface area contributed by atoms with Gasteiger partial charge in [-0.2, -0.15) is 0 Å². The molecule has 1 amide bonds. The van der Waals surface area contributed by atoms with Crippen molar-refractivity contribution in [3.8, 4) is 0 Å². The van der Waals surface area contributed by atoms with E-state index < -0.39 is 0 Å². The van der Waals surface area contributed by atoms with Crippen molar-refractivity contribution in [1.29, 1.82) is 0 Å². The second kappa shape index (κ2) is 6.93. The Hall–Kier alpha value is -1.57. The molecule has 2 unspecified atom stereocenters. The molecule has 0 aromatic heterocycles. The van der Waals surface area contributed by atoms with E-state index in [4.69, 9.17) is 0 Å². The number of carbonyl (C=O) groups excluding carboxylic acids is 1. The fourth-order valence-electron chi connectivity index (χ4n) is 3.31. The second-order valence-electron chi connectivity index (χ2n) is 7.12. The molecule has 0 spiro atoms. The van der Waals surface area contributed by atoms with Gasteiger partial charge in [0.2, 0.25) is 5.91 Å². The summed E-state index contributed by atoms with van der Waals surface area (Å²) in [6.45, 7) is 6.84. The highest BCUT2D eigenvalue weighted by Gasteiger charge is 2.34. The van der Waals surface area contributed by atoms with E-state index in [1.165, 1.54) is 19.3 Å². The van der Waals surface area contributed by atoms with Crippen LogP contribution in [0.2, 0.25) is 0 Å². The molecule has 2 rings (SSSR count). The molecule has 21 heavy (non-hydrogen) atoms. The molecule has 1 saturated carbocycles. The zero-order chi connectivity index (χ0) is 15.3. The highest BCUT2D eigenvalue weighted by atomic mass is 16.1. The third-order valence-electron chi connectivity index (χ3n) is 4.43. The van der Waals surface area contributed by atoms with E-state index >= 15 is 0 Å². The first-order valence-electron chi connectivity index (χ1n) is 8.00. The van der Waals surface area contributed by atoms with E-state index in [1.807, 2.05) is 36.4 Å². The van der Waals surface area contributed by atoms with Crippen LogP contribution in [0.25, 0.3) is 6.08 Å². The summed E-state index contributed by atoms with van der Waals surface area (Å²) in [6, 6.07) is 10.3. The minimum atomic E-state index is 0.0278. The number of carbonyl (C=O) groups is 1. The average Bonchev–Trinajstić information content (AvgIpc) is 2.46. The van der Waals surface area contributed by atoms with E-state index in [-0.39, 0.29) is 11.3 Å². The van der Waals surface area contributed by atoms with Crippen molar-refractivity contribution in [3.63, 3.8) is 0 Å². The summed E-state index contributed by atoms with van der Waals surface area (Å²) in [7, 11) is 0. The van der Waals surface area contributed by atoms with Gasteiger partial charge in [0, 0.05) is 12.1 Å². The molecule has 2 atom stereocenters. The summed E-state index contributed by atoms with van der Waals surface area (Å²) in [5.41, 5.74) is 1.31. The molecule has 114 valence electrons. The summed E-state index contributed by atoms with van der Waals surface area (Å²) < 4.78 is 0. The van der Waals surface area contributed by atoms with Crippen molar-refractivity contribution in [2.75, 3.05) is 0 Å². The summed E-state index contributed by atoms with van der Waals surface area (Å²) >= 11 is 0. The molecule has 1 fully saturated rings. The Balaban J connectivity index is 1.96. The Kier molecular flexibility index (Phi) is 5.22. The lowest BCUT2D eigenvalue weighted by atomic mass is 9.69. The summed E-state index contributed by atoms with van der Waals surface area (Å²) in [5.74, 6) is 0.598. The predicted octanol–water partition coefficient (Wildman–Crippen LogP) is 4.42. The molecular weight excluding hydrogens is 258 g/mol. The topological polar surface area (TPSA) is 29.1 Å². The van der Waals surface area contributed by atoms with Gasteiger partial charge in [-0.05, 0) is 35.8 Å². The van der Waals surface area contributed by atoms with Gasteiger partial charge in [-0.25, -0.2) is 0 Å². The van der Waals surface area contributed by atoms with Gasteiger partial charge >= 0.3 is 0 Å². The maximum Gasteiger partial charge on any atom is 0.244 e. The van der Waals surface area contributed by atoms with E-state index in [1.54, 1.807) is 6.08 Å². The van der Waals surface area contributed by atoms with Crippen LogP contribution in [0.4, 0.5) is 0 Å². The molecule has 0 aliphatic heterocycles. The molecular formula is C19H27NO. The van der Waals surface area contributed by atoms with E-state index in [2.05, 4.69) is 26.1 Å². The molecule has 2 nitrogen and oxygen atoms in total. The van der Waals surface area contributed by atoms with Crippen molar-refractivity contribution in [2.24, 2.45) is 11.3 Å². The van der Waals surface area contributed by atoms with Gasteiger partial charge in [0.15, 0.2) is 0 Å². The first-order valence-corrected chi connectivity index (χ1v) is 8.00. The predicted molar refractivity (Wildman–Crippen MR) is 88.8 cm³/mol. The molecule has 2 heteroatoms. The van der Waals surface area contributed by atoms with Gasteiger partial charge in [0.05, 0.1) is 0 Å². The zero-order valence-electron chi connectivity index (χ0n) is 13.4. The van der Waals surface area contributed by atoms with Gasteiger partial charge < -0.3 is 5.32 Å². The Labute approximate surface area is 128 Å². The minimum Gasteiger partial charge on any atom is -0.350 e. The maximum atomic E-state index is 12.2. The third-order valence-corrected chi connectivity index (χ3v) is 4.43. The number of rotatable bonds is 3. The highest BCUT2D eigenvalue weighted by molar-refractivity contribution is 5.91. The lowest BCUT2D eigenvalue weighted by molar-refractivity contribution is -0.118. The van der Waals surface area contributed by atoms with Gasteiger partial charge in [-0.1, -0.05) is 63.9 Å². The van der Waals surface area contributed by atoms with Gasteiger partial charge in [-0.15, -0.1) is 0 Å². The average molecular weight is 285 g/mol. The smallest absolute Gasteiger partial charge is 0.244 e. The summed E-state index contributed by atoms with van der Waals surface area (Å²) in [4.78, 5) is 12.2. The van der Waals surface area contributed by atoms with Crippen molar-refractivity contribution in [3.05, 3.63) is 42.0 Å². The molecule has 0 radical (unpaired) electrons. The summed E-state index contributed by atoms with van der Waals surface area (Å²) in [5, 5.41) is 3.22. The fourth-order valence-corrected chi connectivity index (χ4v) is 3.31. The van der Waals surface area contributed by atoms with E-state index in [9.17, 15) is 4.79 Å². The quantitative estimate of drug-likeness (QED) is 0.818. The van der Waals surface area contributed by atoms with Crippen LogP contribution in [0.3, 0.4) is 0 Å². The van der Waals surface area contributed by atoms with Crippen molar-refractivity contribution in [1.82, 2.24) is 5.32 Å². The van der Waals surface area contributed by atoms with Crippen LogP contribution in [-0.4, -0.2) is 11.9 Å². The lowest BCUT2D eigenvalue weighted by Crippen LogP contribution is -2.46. The van der Waals surface area contributed by atoms with Crippen LogP contribution >= 0.6 is 0 Å². The third kappa shape index (κ3) is 4.73. The van der Waals surface area contributed by atoms with Crippen LogP contribution < -0.4 is 5.32 Å². The number of hydrogen-bond donors (Lipinski definition) is 1. The fraction of sp³-hybridized carbons (Fsp3) is 0.526. The Morgan fingerprint density at radius 3 is 2.48 bits per heavy atom. The van der Waals surface area contributed by atoms with Crippen LogP contribution in [-0.2, 0) is 4.79 Å². The Morgan fingerprint density at radius 1 is 1.14 bits per heavy atom. The highest BCUT2D eigenvalue weighted by Crippen LogP contribution is 2.37. The second-order valence-corrected chi connectivity index (χ2v) is 7.12. The molecule has 0 saturated heterocycles. The Morgan fingerprint density at radius 2 is 1.81 bits per heavy atom. The first-order chi connectivity index (χ1) is 9.97. The SMILES string of the molecule is CC(C)(C)C1CCCCC1NC(=O)/C=C/c1ccccc1. The van der Waals surface area contributed by atoms with Gasteiger partial charge in [0.1, 0.15) is 0 Å². The number of benzene rings is 1. The normalized spacial score (nSPS) is 23.2. The molecule has 1 aromatic rings. The van der Waals surface area contributed by atoms with Crippen LogP contribution in [0.15, 0.2) is 36.4 Å². The monoisotopic (exact) mass is 285 g/mol. The zero-order valence-corrected chi connectivity index (χ0v) is 13.4. The molecule has 1 aliphatic carbocycles. The van der Waals surface area contributed by atoms with Crippen molar-refractivity contribution < 1.29 is 4.79 Å². The largest absolute Gasteiger partial charge is 0.350 e. The molecule has 1 aromatic carbocycles. The number of amides is 1. The van der Waals surface area contributed by atoms with Gasteiger partial charge in [0.25, 0.3) is 0 Å². The number of nitrogens with one attached hydrogen (secondary N) is 1. The first kappa shape index (κ1) is 15.8. The molecule has 0 heterocycles. The van der Waals surface area contributed by atoms with Crippen LogP contribution in [0.1, 0.15) is 52.0 Å². The maximum absolute atomic E-state index is 12.2. The van der Waals surface area contributed by atoms with Crippen molar-refractivity contribution >= 4 is 12.0 Å². The standard InChI is InChI=1S/C19H27NO/c1-19(2,3)16-11-7-8-12-17(16)20-18(21)14-13-15-9-5-4-6-10-15/h4-6,9-10,13-14,16-17H,7-8,11-12H2,1-3H3,(H,20,21)/b14-13+. The number of hydrogen-bond acceptors (Lipinski definition) is 1. The van der Waals surface area contributed by atoms with Crippen LogP contribution in [0, 0.1) is 11.3 Å². The van der Waals surface area contributed by atoms with E-state index in [0.29, 0.717) is 12.0 Å². The minimum absolute atomic E-state index is 0.0278. The van der Waals surface area contributed by atoms with Crippen LogP contribution in [0.5, 0.6) is 0 Å². The summed E-state index contributed by atoms with van der Waals surface area (Å²) in [6.07, 6.45) is 8.37. The molecule has 0 bridgehead atoms.